The predicted molar refractivity (Wildman–Crippen MR) is 231 cm³/mol. The number of carbonyl (C=O) groups is 1. The van der Waals surface area contributed by atoms with Crippen molar-refractivity contribution in [2.24, 2.45) is 11.4 Å². The van der Waals surface area contributed by atoms with Crippen molar-refractivity contribution < 1.29 is 18.1 Å². The van der Waals surface area contributed by atoms with Gasteiger partial charge in [0.15, 0.2) is 0 Å². The molecule has 13 nitrogen and oxygen atoms in total. The minimum atomic E-state index is -2.45. The Morgan fingerprint density at radius 2 is 1.70 bits per heavy atom. The lowest BCUT2D eigenvalue weighted by Crippen LogP contribution is -2.40. The highest BCUT2D eigenvalue weighted by Crippen LogP contribution is 2.38. The van der Waals surface area contributed by atoms with E-state index in [0.29, 0.717) is 76.6 Å². The van der Waals surface area contributed by atoms with Gasteiger partial charge in [0.2, 0.25) is 0 Å². The maximum atomic E-state index is 15.2. The zero-order valence-electron chi connectivity index (χ0n) is 34.8. The molecular weight excluding hydrogens is 794 g/mol. The number of carbonyl (C=O) groups excluding carboxylic acids is 1. The molecule has 0 spiro atoms. The highest BCUT2D eigenvalue weighted by Gasteiger charge is 2.37. The van der Waals surface area contributed by atoms with E-state index in [4.69, 9.17) is 9.84 Å². The lowest BCUT2D eigenvalue weighted by molar-refractivity contribution is 0.0667. The van der Waals surface area contributed by atoms with Gasteiger partial charge < -0.3 is 14.2 Å². The number of aromatic nitrogens is 7. The number of halogens is 1. The van der Waals surface area contributed by atoms with Crippen molar-refractivity contribution in [1.82, 2.24) is 38.2 Å². The molecule has 0 saturated carbocycles. The van der Waals surface area contributed by atoms with E-state index in [1.807, 2.05) is 35.7 Å². The summed E-state index contributed by atoms with van der Waals surface area (Å²) in [7, 11) is -0.542. The second kappa shape index (κ2) is 15.1. The molecule has 1 unspecified atom stereocenters. The van der Waals surface area contributed by atoms with Crippen LogP contribution in [0, 0.1) is 19.7 Å². The zero-order valence-corrected chi connectivity index (χ0v) is 35.6. The first kappa shape index (κ1) is 39.1. The Morgan fingerprint density at radius 3 is 2.41 bits per heavy atom. The van der Waals surface area contributed by atoms with Gasteiger partial charge >= 0.3 is 5.69 Å². The summed E-state index contributed by atoms with van der Waals surface area (Å²) in [5.41, 5.74) is 7.01. The topological polar surface area (TPSA) is 126 Å². The number of nitrogens with zero attached hydrogens (tertiary/aromatic N) is 9. The highest BCUT2D eigenvalue weighted by molar-refractivity contribution is 7.93. The van der Waals surface area contributed by atoms with E-state index in [1.54, 1.807) is 78.1 Å². The van der Waals surface area contributed by atoms with Gasteiger partial charge in [-0.1, -0.05) is 6.07 Å². The molecule has 3 aromatic carbocycles. The number of hydrogen-bond acceptors (Lipinski definition) is 7. The Kier molecular flexibility index (Phi) is 9.70. The molecule has 0 N–H and O–H groups in total. The minimum Gasteiger partial charge on any atom is -0.381 e. The molecule has 0 radical (unpaired) electrons. The summed E-state index contributed by atoms with van der Waals surface area (Å²) in [4.78, 5) is 32.3. The summed E-state index contributed by atoms with van der Waals surface area (Å²) in [6, 6.07) is 20.7. The molecule has 0 aliphatic carbocycles. The molecule has 7 heterocycles. The van der Waals surface area contributed by atoms with E-state index >= 15 is 9.18 Å². The van der Waals surface area contributed by atoms with Gasteiger partial charge in [0.1, 0.15) is 17.3 Å². The molecule has 3 aliphatic rings. The van der Waals surface area contributed by atoms with E-state index in [2.05, 4.69) is 32.2 Å². The third-order valence-electron chi connectivity index (χ3n) is 12.8. The summed E-state index contributed by atoms with van der Waals surface area (Å²) in [5.74, 6) is 0.983. The first-order valence-corrected chi connectivity index (χ1v) is 22.7. The first-order valence-electron chi connectivity index (χ1n) is 21.0. The van der Waals surface area contributed by atoms with E-state index < -0.39 is 15.8 Å². The Bertz CT molecular complexity index is 3020. The van der Waals surface area contributed by atoms with Crippen LogP contribution < -0.4 is 5.69 Å². The molecular formula is C46H48FN9O4S. The highest BCUT2D eigenvalue weighted by atomic mass is 32.2. The average Bonchev–Trinajstić information content (AvgIpc) is 4.12. The summed E-state index contributed by atoms with van der Waals surface area (Å²) in [6.07, 6.45) is 8.34. The SMILES string of the molecule is Cc1cc(-n2nc3c(c2-n2ccn(-c4ccc(S5(=O)=NCCC5)cc4)c2=O)[C@H](C)N(C(=O)c2cc4cc(C5CCOCC5)ccc4n2Cc2ccnn2C)CC3)cc(C)c1F. The quantitative estimate of drug-likeness (QED) is 0.160. The van der Waals surface area contributed by atoms with Crippen molar-refractivity contribution in [2.45, 2.75) is 69.9 Å². The van der Waals surface area contributed by atoms with Gasteiger partial charge in [-0.05, 0) is 123 Å². The van der Waals surface area contributed by atoms with Crippen LogP contribution in [0.5, 0.6) is 0 Å². The maximum Gasteiger partial charge on any atom is 0.338 e. The van der Waals surface area contributed by atoms with Crippen molar-refractivity contribution >= 4 is 26.5 Å². The van der Waals surface area contributed by atoms with E-state index in [9.17, 15) is 9.00 Å². The molecule has 7 aromatic rings. The fraction of sp³-hybridized carbons (Fsp3) is 0.348. The first-order chi connectivity index (χ1) is 29.5. The number of imidazole rings is 1. The number of hydrogen-bond donors (Lipinski definition) is 0. The van der Waals surface area contributed by atoms with E-state index in [-0.39, 0.29) is 17.4 Å². The van der Waals surface area contributed by atoms with Gasteiger partial charge in [-0.25, -0.2) is 22.4 Å². The van der Waals surface area contributed by atoms with Gasteiger partial charge in [0.25, 0.3) is 5.91 Å². The van der Waals surface area contributed by atoms with Crippen molar-refractivity contribution in [1.29, 1.82) is 0 Å². The molecule has 15 heteroatoms. The van der Waals surface area contributed by atoms with E-state index in [0.717, 1.165) is 60.3 Å². The Balaban J connectivity index is 1.07. The Labute approximate surface area is 353 Å². The van der Waals surface area contributed by atoms with E-state index in [1.165, 1.54) is 10.1 Å². The Hall–Kier alpha value is -6.06. The molecule has 314 valence electrons. The summed E-state index contributed by atoms with van der Waals surface area (Å²) < 4.78 is 47.2. The Morgan fingerprint density at radius 1 is 0.951 bits per heavy atom. The second-order valence-corrected chi connectivity index (χ2v) is 19.0. The summed E-state index contributed by atoms with van der Waals surface area (Å²) in [6.45, 7) is 8.35. The molecule has 1 saturated heterocycles. The van der Waals surface area contributed by atoms with Crippen LogP contribution in [0.1, 0.15) is 82.3 Å². The van der Waals surface area contributed by atoms with Crippen molar-refractivity contribution in [2.75, 3.05) is 32.1 Å². The summed E-state index contributed by atoms with van der Waals surface area (Å²) >= 11 is 0. The maximum absolute atomic E-state index is 15.2. The lowest BCUT2D eigenvalue weighted by atomic mass is 9.91. The molecule has 4 aromatic heterocycles. The standard InChI is InChI=1S/C46H48FN9O4S/c1-29-24-37(25-30(2)43(29)47)56-44(54-20-19-53(46(54)58)35-7-9-38(10-8-35)61(59)23-5-16-49-61)42-31(3)52(18-13-39(42)50-56)45(57)41-27-34-26-33(32-14-21-60-22-15-32)6-11-40(34)55(41)28-36-12-17-48-51(36)4/h6-12,17,19-20,24-27,31-32H,5,13-16,18,21-23,28H2,1-4H3/t31-,61?/m0/s1. The largest absolute Gasteiger partial charge is 0.381 e. The van der Waals surface area contributed by atoms with Crippen LogP contribution in [0.4, 0.5) is 4.39 Å². The molecule has 1 fully saturated rings. The monoisotopic (exact) mass is 841 g/mol. The third kappa shape index (κ3) is 6.65. The molecule has 10 rings (SSSR count). The number of rotatable bonds is 8. The van der Waals surface area contributed by atoms with Crippen LogP contribution in [0.3, 0.4) is 0 Å². The van der Waals surface area contributed by atoms with Crippen molar-refractivity contribution in [3.05, 3.63) is 141 Å². The van der Waals surface area contributed by atoms with Crippen LogP contribution >= 0.6 is 0 Å². The van der Waals surface area contributed by atoms with Gasteiger partial charge in [-0.15, -0.1) is 0 Å². The fourth-order valence-corrected chi connectivity index (χ4v) is 11.5. The third-order valence-corrected chi connectivity index (χ3v) is 15.3. The van der Waals surface area contributed by atoms with Crippen LogP contribution in [0.25, 0.3) is 28.1 Å². The lowest BCUT2D eigenvalue weighted by Gasteiger charge is -2.34. The molecule has 3 aliphatic heterocycles. The van der Waals surface area contributed by atoms with Crippen LogP contribution in [0.2, 0.25) is 0 Å². The molecule has 1 amide bonds. The fourth-order valence-electron chi connectivity index (χ4n) is 9.46. The van der Waals surface area contributed by atoms with Gasteiger partial charge in [0.05, 0.1) is 45.1 Å². The molecule has 0 bridgehead atoms. The van der Waals surface area contributed by atoms with Crippen LogP contribution in [-0.4, -0.2) is 80.3 Å². The predicted octanol–water partition coefficient (Wildman–Crippen LogP) is 7.19. The number of benzene rings is 3. The minimum absolute atomic E-state index is 0.131. The average molecular weight is 842 g/mol. The van der Waals surface area contributed by atoms with Gasteiger partial charge in [-0.3, -0.25) is 18.6 Å². The number of aryl methyl sites for hydroxylation is 3. The van der Waals surface area contributed by atoms with Crippen molar-refractivity contribution in [3.63, 3.8) is 0 Å². The number of amides is 1. The van der Waals surface area contributed by atoms with Crippen LogP contribution in [0.15, 0.2) is 99.4 Å². The van der Waals surface area contributed by atoms with Gasteiger partial charge in [0, 0.05) is 85.5 Å². The zero-order chi connectivity index (χ0) is 42.2. The van der Waals surface area contributed by atoms with Crippen molar-refractivity contribution in [3.8, 4) is 17.2 Å². The van der Waals surface area contributed by atoms with Crippen LogP contribution in [-0.2, 0) is 34.5 Å². The molecule has 61 heavy (non-hydrogen) atoms. The molecule has 2 atom stereocenters. The number of ether oxygens (including phenoxy) is 1. The number of fused-ring (bicyclic) bond motifs is 2. The second-order valence-electron chi connectivity index (χ2n) is 16.5. The summed E-state index contributed by atoms with van der Waals surface area (Å²) in [5, 5.41) is 10.5. The smallest absolute Gasteiger partial charge is 0.338 e. The van der Waals surface area contributed by atoms with Gasteiger partial charge in [-0.2, -0.15) is 10.2 Å². The normalized spacial score (nSPS) is 19.4.